The molecule has 0 saturated carbocycles. The summed E-state index contributed by atoms with van der Waals surface area (Å²) in [6.45, 7) is 0.341. The molecule has 3 rings (SSSR count). The molecule has 0 aliphatic carbocycles. The lowest BCUT2D eigenvalue weighted by molar-refractivity contribution is 0.0583. The third-order valence-electron chi connectivity index (χ3n) is 4.03. The van der Waals surface area contributed by atoms with E-state index in [1.54, 1.807) is 18.5 Å². The Labute approximate surface area is 172 Å². The van der Waals surface area contributed by atoms with Gasteiger partial charge in [-0.25, -0.2) is 18.0 Å². The second-order valence-corrected chi connectivity index (χ2v) is 7.67. The van der Waals surface area contributed by atoms with Gasteiger partial charge in [0.2, 0.25) is 0 Å². The molecule has 11 heteroatoms. The van der Waals surface area contributed by atoms with Gasteiger partial charge in [-0.15, -0.1) is 0 Å². The van der Waals surface area contributed by atoms with E-state index < -0.39 is 26.9 Å². The maximum atomic E-state index is 12.9. The van der Waals surface area contributed by atoms with Crippen LogP contribution >= 0.6 is 0 Å². The van der Waals surface area contributed by atoms with Gasteiger partial charge in [0.1, 0.15) is 4.90 Å². The summed E-state index contributed by atoms with van der Waals surface area (Å²) in [6.07, 6.45) is 3.23. The van der Waals surface area contributed by atoms with E-state index >= 15 is 0 Å². The molecule has 0 unspecified atom stereocenters. The molecule has 0 spiro atoms. The molecule has 0 amide bonds. The molecule has 2 aromatic heterocycles. The maximum Gasteiger partial charge on any atom is 0.339 e. The molecule has 0 aliphatic heterocycles. The molecule has 0 saturated heterocycles. The zero-order valence-electron chi connectivity index (χ0n) is 16.1. The van der Waals surface area contributed by atoms with Gasteiger partial charge in [-0.3, -0.25) is 14.4 Å². The Morgan fingerprint density at radius 2 is 1.83 bits per heavy atom. The highest BCUT2D eigenvalue weighted by Gasteiger charge is 2.26. The molecule has 30 heavy (non-hydrogen) atoms. The standard InChI is InChI=1S/C19H18N4O6S/c1-28-18(24)13-6-7-15(19(25)29-2)16(11-13)30(26,27)22-17-8-10-23(21-17)12-14-5-3-4-9-20-14/h3-11H,12H2,1-2H3,(H,21,22). The SMILES string of the molecule is COC(=O)c1ccc(C(=O)OC)c(S(=O)(=O)Nc2ccn(Cc3ccccn3)n2)c1. The summed E-state index contributed by atoms with van der Waals surface area (Å²) >= 11 is 0. The molecule has 1 N–H and O–H groups in total. The van der Waals surface area contributed by atoms with Crippen molar-refractivity contribution >= 4 is 27.8 Å². The lowest BCUT2D eigenvalue weighted by Gasteiger charge is -2.11. The van der Waals surface area contributed by atoms with Gasteiger partial charge in [0.15, 0.2) is 5.82 Å². The number of hydrogen-bond donors (Lipinski definition) is 1. The molecule has 10 nitrogen and oxygen atoms in total. The Hall–Kier alpha value is -3.73. The molecule has 2 heterocycles. The van der Waals surface area contributed by atoms with Crippen molar-refractivity contribution in [2.75, 3.05) is 18.9 Å². The summed E-state index contributed by atoms with van der Waals surface area (Å²) in [5.41, 5.74) is 0.477. The van der Waals surface area contributed by atoms with Crippen molar-refractivity contribution < 1.29 is 27.5 Å². The summed E-state index contributed by atoms with van der Waals surface area (Å²) < 4.78 is 39.0. The number of benzene rings is 1. The van der Waals surface area contributed by atoms with E-state index in [9.17, 15) is 18.0 Å². The van der Waals surface area contributed by atoms with Gasteiger partial charge >= 0.3 is 11.9 Å². The minimum Gasteiger partial charge on any atom is -0.465 e. The van der Waals surface area contributed by atoms with Gasteiger partial charge in [-0.2, -0.15) is 5.10 Å². The number of esters is 2. The van der Waals surface area contributed by atoms with Gasteiger partial charge < -0.3 is 9.47 Å². The number of rotatable bonds is 7. The zero-order valence-corrected chi connectivity index (χ0v) is 16.9. The van der Waals surface area contributed by atoms with Crippen molar-refractivity contribution in [3.05, 3.63) is 71.7 Å². The van der Waals surface area contributed by atoms with Crippen LogP contribution < -0.4 is 4.72 Å². The molecule has 0 bridgehead atoms. The number of nitrogens with zero attached hydrogens (tertiary/aromatic N) is 3. The number of methoxy groups -OCH3 is 2. The summed E-state index contributed by atoms with van der Waals surface area (Å²) in [4.78, 5) is 27.6. The Kier molecular flexibility index (Phi) is 6.11. The first-order valence-electron chi connectivity index (χ1n) is 8.61. The second kappa shape index (κ2) is 8.74. The van der Waals surface area contributed by atoms with Gasteiger partial charge in [-0.1, -0.05) is 6.07 Å². The Morgan fingerprint density at radius 3 is 2.50 bits per heavy atom. The Balaban J connectivity index is 1.91. The van der Waals surface area contributed by atoms with Crippen LogP contribution in [0.2, 0.25) is 0 Å². The molecular formula is C19H18N4O6S. The summed E-state index contributed by atoms with van der Waals surface area (Å²) in [6, 6.07) is 10.4. The minimum absolute atomic E-state index is 0.0326. The van der Waals surface area contributed by atoms with Crippen LogP contribution in [0.4, 0.5) is 5.82 Å². The fourth-order valence-corrected chi connectivity index (χ4v) is 3.84. The van der Waals surface area contributed by atoms with Crippen LogP contribution in [0.5, 0.6) is 0 Å². The van der Waals surface area contributed by atoms with Crippen molar-refractivity contribution in [2.24, 2.45) is 0 Å². The van der Waals surface area contributed by atoms with Crippen LogP contribution in [0.25, 0.3) is 0 Å². The Morgan fingerprint density at radius 1 is 1.07 bits per heavy atom. The third-order valence-corrected chi connectivity index (χ3v) is 5.42. The molecule has 156 valence electrons. The largest absolute Gasteiger partial charge is 0.465 e. The van der Waals surface area contributed by atoms with Crippen LogP contribution in [0, 0.1) is 0 Å². The van der Waals surface area contributed by atoms with E-state index in [4.69, 9.17) is 0 Å². The van der Waals surface area contributed by atoms with Crippen molar-refractivity contribution in [2.45, 2.75) is 11.4 Å². The molecule has 1 aromatic carbocycles. The minimum atomic E-state index is -4.27. The first kappa shape index (κ1) is 21.0. The van der Waals surface area contributed by atoms with E-state index in [1.165, 1.54) is 22.9 Å². The summed E-state index contributed by atoms with van der Waals surface area (Å²) in [7, 11) is -1.98. The number of hydrogen-bond acceptors (Lipinski definition) is 8. The lowest BCUT2D eigenvalue weighted by atomic mass is 10.1. The first-order valence-corrected chi connectivity index (χ1v) is 10.1. The van der Waals surface area contributed by atoms with Gasteiger partial charge in [0.05, 0.1) is 37.6 Å². The van der Waals surface area contributed by atoms with Gasteiger partial charge in [0.25, 0.3) is 10.0 Å². The number of nitrogens with one attached hydrogen (secondary N) is 1. The zero-order chi connectivity index (χ0) is 21.7. The smallest absolute Gasteiger partial charge is 0.339 e. The molecule has 3 aromatic rings. The normalized spacial score (nSPS) is 11.0. The third kappa shape index (κ3) is 4.63. The van der Waals surface area contributed by atoms with Gasteiger partial charge in [0, 0.05) is 18.5 Å². The summed E-state index contributed by atoms with van der Waals surface area (Å²) in [5, 5.41) is 4.16. The van der Waals surface area contributed by atoms with E-state index in [2.05, 4.69) is 24.3 Å². The number of pyridine rings is 1. The highest BCUT2D eigenvalue weighted by atomic mass is 32.2. The number of carbonyl (C=O) groups is 2. The molecule has 0 fully saturated rings. The monoisotopic (exact) mass is 430 g/mol. The van der Waals surface area contributed by atoms with Gasteiger partial charge in [-0.05, 0) is 30.3 Å². The molecule has 0 aliphatic rings. The van der Waals surface area contributed by atoms with Crippen LogP contribution in [-0.4, -0.2) is 49.3 Å². The van der Waals surface area contributed by atoms with Crippen molar-refractivity contribution in [1.29, 1.82) is 0 Å². The van der Waals surface area contributed by atoms with Crippen molar-refractivity contribution in [1.82, 2.24) is 14.8 Å². The summed E-state index contributed by atoms with van der Waals surface area (Å²) in [5.74, 6) is -1.58. The maximum absolute atomic E-state index is 12.9. The van der Waals surface area contributed by atoms with E-state index in [-0.39, 0.29) is 16.9 Å². The number of aromatic nitrogens is 3. The van der Waals surface area contributed by atoms with E-state index in [0.717, 1.165) is 26.0 Å². The lowest BCUT2D eigenvalue weighted by Crippen LogP contribution is -2.19. The highest BCUT2D eigenvalue weighted by molar-refractivity contribution is 7.92. The molecular weight excluding hydrogens is 412 g/mol. The number of anilines is 1. The van der Waals surface area contributed by atoms with Crippen molar-refractivity contribution in [3.8, 4) is 0 Å². The van der Waals surface area contributed by atoms with Crippen LogP contribution in [-0.2, 0) is 26.0 Å². The average Bonchev–Trinajstić information content (AvgIpc) is 3.18. The quantitative estimate of drug-likeness (QED) is 0.561. The number of carbonyl (C=O) groups excluding carboxylic acids is 2. The molecule has 0 atom stereocenters. The average molecular weight is 430 g/mol. The van der Waals surface area contributed by atoms with Crippen LogP contribution in [0.3, 0.4) is 0 Å². The fourth-order valence-electron chi connectivity index (χ4n) is 2.62. The van der Waals surface area contributed by atoms with E-state index in [0.29, 0.717) is 6.54 Å². The molecule has 0 radical (unpaired) electrons. The van der Waals surface area contributed by atoms with Crippen LogP contribution in [0.1, 0.15) is 26.4 Å². The topological polar surface area (TPSA) is 129 Å². The predicted octanol–water partition coefficient (Wildman–Crippen LogP) is 1.70. The fraction of sp³-hybridized carbons (Fsp3) is 0.158. The van der Waals surface area contributed by atoms with Crippen LogP contribution in [0.15, 0.2) is 59.8 Å². The first-order chi connectivity index (χ1) is 14.3. The second-order valence-electron chi connectivity index (χ2n) is 6.02. The number of ether oxygens (including phenoxy) is 2. The predicted molar refractivity (Wildman–Crippen MR) is 105 cm³/mol. The number of sulfonamides is 1. The van der Waals surface area contributed by atoms with E-state index in [1.807, 2.05) is 12.1 Å². The highest BCUT2D eigenvalue weighted by Crippen LogP contribution is 2.22. The van der Waals surface area contributed by atoms with Crippen molar-refractivity contribution in [3.63, 3.8) is 0 Å². The Bertz CT molecular complexity index is 1170.